The SMILES string of the molecule is [3H]C1CC(OP(=O)(OCCC=O)OCCNCCC[Si]OC(C)(C(C)C)C(C)C(C)CC)C(CO[N]=[V])O1. The zero-order valence-corrected chi connectivity index (χ0v) is 26.5. The van der Waals surface area contributed by atoms with E-state index in [1.165, 1.54) is 0 Å². The first kappa shape index (κ1) is 33.4. The van der Waals surface area contributed by atoms with Gasteiger partial charge in [-0.1, -0.05) is 41.0 Å². The van der Waals surface area contributed by atoms with Gasteiger partial charge in [-0.25, -0.2) is 0 Å². The van der Waals surface area contributed by atoms with Crippen LogP contribution in [0.3, 0.4) is 0 Å². The van der Waals surface area contributed by atoms with Crippen LogP contribution in [0, 0.1) is 17.8 Å². The molecule has 215 valence electrons. The van der Waals surface area contributed by atoms with Gasteiger partial charge in [0.25, 0.3) is 0 Å². The molecule has 2 radical (unpaired) electrons. The molecule has 0 aromatic rings. The van der Waals surface area contributed by atoms with Gasteiger partial charge in [0.1, 0.15) is 0 Å². The topological polar surface area (TPSA) is 114 Å². The average Bonchev–Trinajstić information content (AvgIpc) is 3.23. The fourth-order valence-electron chi connectivity index (χ4n) is 3.86. The van der Waals surface area contributed by atoms with E-state index < -0.39 is 26.6 Å². The molecule has 10 nitrogen and oxygen atoms in total. The quantitative estimate of drug-likeness (QED) is 0.0585. The Bertz CT molecular complexity index is 731. The maximum atomic E-state index is 13.2. The van der Waals surface area contributed by atoms with Gasteiger partial charge in [-0.05, 0) is 37.1 Å². The number of nitrogens with one attached hydrogen (secondary N) is 1. The second-order valence-corrected chi connectivity index (χ2v) is 12.6. The predicted octanol–water partition coefficient (Wildman–Crippen LogP) is 4.68. The summed E-state index contributed by atoms with van der Waals surface area (Å²) in [4.78, 5) is 15.7. The van der Waals surface area contributed by atoms with Crippen molar-refractivity contribution in [3.63, 3.8) is 0 Å². The van der Waals surface area contributed by atoms with E-state index in [1.54, 1.807) is 0 Å². The normalized spacial score (nSPS) is 25.2. The number of carbonyl (C=O) groups excluding carboxylic acids is 1. The molecule has 0 bridgehead atoms. The monoisotopic (exact) mass is 603 g/mol. The molecule has 0 aromatic carbocycles. The van der Waals surface area contributed by atoms with Crippen LogP contribution >= 0.6 is 7.82 Å². The van der Waals surface area contributed by atoms with E-state index in [0.29, 0.717) is 40.3 Å². The minimum absolute atomic E-state index is 0.0436. The average molecular weight is 604 g/mol. The van der Waals surface area contributed by atoms with E-state index in [1.807, 2.05) is 17.2 Å². The molecule has 1 fully saturated rings. The molecule has 37 heavy (non-hydrogen) atoms. The van der Waals surface area contributed by atoms with Crippen molar-refractivity contribution in [3.8, 4) is 0 Å². The minimum atomic E-state index is -3.98. The van der Waals surface area contributed by atoms with Gasteiger partial charge in [-0.15, -0.1) is 0 Å². The number of hydrogen-bond donors (Lipinski definition) is 1. The second kappa shape index (κ2) is 19.3. The van der Waals surface area contributed by atoms with Crippen molar-refractivity contribution < 1.29 is 55.5 Å². The van der Waals surface area contributed by atoms with E-state index in [4.69, 9.17) is 28.9 Å². The van der Waals surface area contributed by atoms with Crippen molar-refractivity contribution >= 4 is 23.9 Å². The summed E-state index contributed by atoms with van der Waals surface area (Å²) in [6.45, 7) is 13.9. The van der Waals surface area contributed by atoms with E-state index in [9.17, 15) is 9.36 Å². The third-order valence-electron chi connectivity index (χ3n) is 7.06. The zero-order valence-electron chi connectivity index (χ0n) is 24.2. The maximum absolute atomic E-state index is 13.2. The first-order valence-electron chi connectivity index (χ1n) is 13.8. The summed E-state index contributed by atoms with van der Waals surface area (Å²) in [5.41, 5.74) is -0.139. The molecule has 1 aliphatic rings. The Morgan fingerprint density at radius 2 is 2.03 bits per heavy atom. The van der Waals surface area contributed by atoms with Crippen LogP contribution in [-0.4, -0.2) is 73.4 Å². The van der Waals surface area contributed by atoms with Crippen molar-refractivity contribution in [2.75, 3.05) is 39.5 Å². The molecule has 1 N–H and O–H groups in total. The van der Waals surface area contributed by atoms with Gasteiger partial charge in [-0.2, -0.15) is 0 Å². The Hall–Kier alpha value is 0.221. The van der Waals surface area contributed by atoms with Crippen molar-refractivity contribution in [3.05, 3.63) is 0 Å². The van der Waals surface area contributed by atoms with Gasteiger partial charge in [-0.3, -0.25) is 0 Å². The Morgan fingerprint density at radius 1 is 1.30 bits per heavy atom. The van der Waals surface area contributed by atoms with E-state index in [-0.39, 0.29) is 38.3 Å². The number of rotatable bonds is 23. The molecule has 0 aromatic heterocycles. The Morgan fingerprint density at radius 3 is 2.68 bits per heavy atom. The van der Waals surface area contributed by atoms with Crippen LogP contribution in [0.15, 0.2) is 3.95 Å². The van der Waals surface area contributed by atoms with Crippen LogP contribution in [0.5, 0.6) is 0 Å². The standard InChI is InChI=1S/C24H47N2O8PSi.V/c1-7-20(4)21(5)24(6,19(2)3)34-36-17-8-11-26-12-16-32-35(28,31-14-9-13-27)33-22-10-15-29-23(22)18-30-25;/h13,19-23,26H,7-12,14-18H2,1-6H3;/i15T;. The fourth-order valence-corrected chi connectivity index (χ4v) is 6.51. The van der Waals surface area contributed by atoms with Gasteiger partial charge in [0, 0.05) is 0 Å². The number of phosphoric acid groups is 1. The van der Waals surface area contributed by atoms with Crippen LogP contribution < -0.4 is 5.32 Å². The third kappa shape index (κ3) is 13.0. The van der Waals surface area contributed by atoms with Crippen molar-refractivity contribution in [2.45, 2.75) is 91.1 Å². The number of carbonyl (C=O) groups is 1. The van der Waals surface area contributed by atoms with Crippen LogP contribution in [-0.2, 0) is 54.2 Å². The summed E-state index contributed by atoms with van der Waals surface area (Å²) in [5.74, 6) is 1.53. The van der Waals surface area contributed by atoms with Crippen molar-refractivity contribution in [1.29, 1.82) is 0 Å². The molecule has 0 saturated carbocycles. The molecule has 13 heteroatoms. The van der Waals surface area contributed by atoms with E-state index in [0.717, 1.165) is 25.4 Å². The zero-order chi connectivity index (χ0) is 28.6. The van der Waals surface area contributed by atoms with E-state index >= 15 is 0 Å². The summed E-state index contributed by atoms with van der Waals surface area (Å²) in [5, 5.41) is 3.28. The molecule has 0 spiro atoms. The number of aldehydes is 1. The van der Waals surface area contributed by atoms with Crippen molar-refractivity contribution in [2.24, 2.45) is 21.7 Å². The molecule has 7 unspecified atom stereocenters. The number of hydrogen-bond acceptors (Lipinski definition) is 10. The second-order valence-electron chi connectivity index (χ2n) is 9.78. The molecule has 7 atom stereocenters. The van der Waals surface area contributed by atoms with Gasteiger partial charge < -0.3 is 4.43 Å². The summed E-state index contributed by atoms with van der Waals surface area (Å²) < 4.78 is 52.9. The van der Waals surface area contributed by atoms with Gasteiger partial charge in [0.05, 0.1) is 5.60 Å². The Kier molecular flexibility index (Phi) is 17.5. The van der Waals surface area contributed by atoms with E-state index in [2.05, 4.69) is 50.8 Å². The molecule has 1 saturated heterocycles. The molecule has 0 aliphatic carbocycles. The molecule has 1 rings (SSSR count). The fraction of sp³-hybridized carbons (Fsp3) is 0.958. The molecule has 1 aliphatic heterocycles. The van der Waals surface area contributed by atoms with Crippen LogP contribution in [0.4, 0.5) is 0 Å². The molecule has 1 heterocycles. The first-order valence-corrected chi connectivity index (χ1v) is 16.4. The predicted molar refractivity (Wildman–Crippen MR) is 139 cm³/mol. The van der Waals surface area contributed by atoms with Crippen LogP contribution in [0.1, 0.15) is 68.6 Å². The summed E-state index contributed by atoms with van der Waals surface area (Å²) >= 11 is 1.92. The summed E-state index contributed by atoms with van der Waals surface area (Å²) in [7, 11) is -3.55. The molecule has 0 amide bonds. The molecular weight excluding hydrogens is 554 g/mol. The van der Waals surface area contributed by atoms with Gasteiger partial charge in [0.15, 0.2) is 0 Å². The molecular formula is C24H47N2O8PSiV. The Balaban J connectivity index is 2.43. The number of nitrogens with zero attached hydrogens (tertiary/aromatic N) is 1. The number of phosphoric ester groups is 1. The Labute approximate surface area is 236 Å². The van der Waals surface area contributed by atoms with Gasteiger partial charge >= 0.3 is 139 Å². The number of ether oxygens (including phenoxy) is 1. The summed E-state index contributed by atoms with van der Waals surface area (Å²) in [6.07, 6.45) is 1.65. The summed E-state index contributed by atoms with van der Waals surface area (Å²) in [6, 6.07) is 0.960. The third-order valence-corrected chi connectivity index (χ3v) is 9.91. The first-order chi connectivity index (χ1) is 18.0. The van der Waals surface area contributed by atoms with Crippen LogP contribution in [0.25, 0.3) is 0 Å². The van der Waals surface area contributed by atoms with Gasteiger partial charge in [0.2, 0.25) is 9.76 Å². The van der Waals surface area contributed by atoms with Crippen LogP contribution in [0.2, 0.25) is 6.04 Å². The van der Waals surface area contributed by atoms with Crippen molar-refractivity contribution in [1.82, 2.24) is 5.32 Å².